The summed E-state index contributed by atoms with van der Waals surface area (Å²) in [5.74, 6) is 0.746. The van der Waals surface area contributed by atoms with Gasteiger partial charge < -0.3 is 10.6 Å². The summed E-state index contributed by atoms with van der Waals surface area (Å²) in [7, 11) is 0. The van der Waals surface area contributed by atoms with E-state index >= 15 is 0 Å². The highest BCUT2D eigenvalue weighted by atomic mass is 35.5. The first-order valence-corrected chi connectivity index (χ1v) is 9.71. The molecular weight excluding hydrogens is 383 g/mol. The van der Waals surface area contributed by atoms with Crippen LogP contribution in [-0.2, 0) is 11.2 Å². The molecule has 1 aliphatic rings. The SMILES string of the molecule is Cc1nn(-c2ccc(Cl)cc2)c(C)c1CC(=O)NCCC1CCCNC1.Cl. The highest BCUT2D eigenvalue weighted by Gasteiger charge is 2.17. The monoisotopic (exact) mass is 410 g/mol. The van der Waals surface area contributed by atoms with E-state index in [0.717, 1.165) is 48.7 Å². The molecule has 1 atom stereocenters. The predicted octanol–water partition coefficient (Wildman–Crippen LogP) is 3.61. The van der Waals surface area contributed by atoms with E-state index in [1.807, 2.05) is 42.8 Å². The number of carbonyl (C=O) groups is 1. The van der Waals surface area contributed by atoms with Gasteiger partial charge in [-0.1, -0.05) is 11.6 Å². The number of aromatic nitrogens is 2. The van der Waals surface area contributed by atoms with Gasteiger partial charge in [0.05, 0.1) is 17.8 Å². The molecule has 7 heteroatoms. The molecule has 1 aromatic carbocycles. The van der Waals surface area contributed by atoms with Gasteiger partial charge >= 0.3 is 0 Å². The number of halogens is 2. The van der Waals surface area contributed by atoms with Crippen molar-refractivity contribution >= 4 is 29.9 Å². The molecule has 1 aromatic heterocycles. The van der Waals surface area contributed by atoms with Gasteiger partial charge in [0.2, 0.25) is 5.91 Å². The Morgan fingerprint density at radius 3 is 2.74 bits per heavy atom. The molecule has 1 saturated heterocycles. The molecule has 148 valence electrons. The van der Waals surface area contributed by atoms with E-state index < -0.39 is 0 Å². The third kappa shape index (κ3) is 5.71. The van der Waals surface area contributed by atoms with Crippen LogP contribution in [0.2, 0.25) is 5.02 Å². The Labute approximate surface area is 172 Å². The number of hydrogen-bond donors (Lipinski definition) is 2. The second-order valence-corrected chi connectivity index (χ2v) is 7.50. The Morgan fingerprint density at radius 2 is 2.07 bits per heavy atom. The third-order valence-corrected chi connectivity index (χ3v) is 5.38. The molecule has 3 rings (SSSR count). The van der Waals surface area contributed by atoms with E-state index in [9.17, 15) is 4.79 Å². The van der Waals surface area contributed by atoms with E-state index in [0.29, 0.717) is 17.4 Å². The lowest BCUT2D eigenvalue weighted by molar-refractivity contribution is -0.120. The number of benzene rings is 1. The minimum Gasteiger partial charge on any atom is -0.356 e. The van der Waals surface area contributed by atoms with Crippen LogP contribution in [0.15, 0.2) is 24.3 Å². The van der Waals surface area contributed by atoms with Crippen molar-refractivity contribution in [1.29, 1.82) is 0 Å². The normalized spacial score (nSPS) is 16.6. The quantitative estimate of drug-likeness (QED) is 0.764. The summed E-state index contributed by atoms with van der Waals surface area (Å²) in [4.78, 5) is 12.4. The van der Waals surface area contributed by atoms with E-state index in [1.54, 1.807) is 0 Å². The zero-order chi connectivity index (χ0) is 18.5. The van der Waals surface area contributed by atoms with Gasteiger partial charge in [-0.2, -0.15) is 5.10 Å². The second kappa shape index (κ2) is 10.1. The van der Waals surface area contributed by atoms with E-state index in [4.69, 9.17) is 11.6 Å². The van der Waals surface area contributed by atoms with Crippen molar-refractivity contribution in [3.8, 4) is 5.69 Å². The average molecular weight is 411 g/mol. The average Bonchev–Trinajstić information content (AvgIpc) is 2.91. The Balaban J connectivity index is 0.00000261. The van der Waals surface area contributed by atoms with Gasteiger partial charge in [-0.3, -0.25) is 4.79 Å². The molecule has 0 bridgehead atoms. The number of hydrogen-bond acceptors (Lipinski definition) is 3. The number of piperidine rings is 1. The molecule has 1 amide bonds. The summed E-state index contributed by atoms with van der Waals surface area (Å²) >= 11 is 5.96. The molecule has 5 nitrogen and oxygen atoms in total. The van der Waals surface area contributed by atoms with E-state index in [1.165, 1.54) is 12.8 Å². The maximum absolute atomic E-state index is 12.4. The van der Waals surface area contributed by atoms with Crippen molar-refractivity contribution < 1.29 is 4.79 Å². The number of rotatable bonds is 6. The Bertz CT molecular complexity index is 752. The Hall–Kier alpha value is -1.56. The fourth-order valence-electron chi connectivity index (χ4n) is 3.57. The minimum atomic E-state index is 0. The summed E-state index contributed by atoms with van der Waals surface area (Å²) in [6.45, 7) is 6.90. The highest BCUT2D eigenvalue weighted by molar-refractivity contribution is 6.30. The number of amides is 1. The van der Waals surface area contributed by atoms with Crippen LogP contribution in [0.3, 0.4) is 0 Å². The topological polar surface area (TPSA) is 59.0 Å². The van der Waals surface area contributed by atoms with Crippen LogP contribution in [0.4, 0.5) is 0 Å². The van der Waals surface area contributed by atoms with Gasteiger partial charge in [-0.25, -0.2) is 4.68 Å². The number of carbonyl (C=O) groups excluding carboxylic acids is 1. The summed E-state index contributed by atoms with van der Waals surface area (Å²) < 4.78 is 1.88. The van der Waals surface area contributed by atoms with Crippen LogP contribution in [0.5, 0.6) is 0 Å². The third-order valence-electron chi connectivity index (χ3n) is 5.12. The van der Waals surface area contributed by atoms with Gasteiger partial charge in [0.1, 0.15) is 0 Å². The first kappa shape index (κ1) is 21.7. The van der Waals surface area contributed by atoms with Crippen molar-refractivity contribution in [2.24, 2.45) is 5.92 Å². The van der Waals surface area contributed by atoms with Crippen molar-refractivity contribution in [3.63, 3.8) is 0 Å². The lowest BCUT2D eigenvalue weighted by atomic mass is 9.96. The van der Waals surface area contributed by atoms with Crippen molar-refractivity contribution in [2.45, 2.75) is 39.5 Å². The van der Waals surface area contributed by atoms with Crippen molar-refractivity contribution in [3.05, 3.63) is 46.2 Å². The van der Waals surface area contributed by atoms with Crippen LogP contribution < -0.4 is 10.6 Å². The molecule has 0 spiro atoms. The largest absolute Gasteiger partial charge is 0.356 e. The van der Waals surface area contributed by atoms with Crippen molar-refractivity contribution in [2.75, 3.05) is 19.6 Å². The van der Waals surface area contributed by atoms with Crippen LogP contribution in [-0.4, -0.2) is 35.3 Å². The number of aryl methyl sites for hydroxylation is 1. The maximum atomic E-state index is 12.4. The molecule has 27 heavy (non-hydrogen) atoms. The Kier molecular flexibility index (Phi) is 8.14. The smallest absolute Gasteiger partial charge is 0.224 e. The Morgan fingerprint density at radius 1 is 1.33 bits per heavy atom. The van der Waals surface area contributed by atoms with Crippen molar-refractivity contribution in [1.82, 2.24) is 20.4 Å². The van der Waals surface area contributed by atoms with Gasteiger partial charge in [-0.05, 0) is 76.4 Å². The van der Waals surface area contributed by atoms with Gasteiger partial charge in [-0.15, -0.1) is 12.4 Å². The molecule has 0 radical (unpaired) electrons. The fraction of sp³-hybridized carbons (Fsp3) is 0.500. The van der Waals surface area contributed by atoms with E-state index in [-0.39, 0.29) is 18.3 Å². The first-order chi connectivity index (χ1) is 12.5. The second-order valence-electron chi connectivity index (χ2n) is 7.07. The molecule has 1 unspecified atom stereocenters. The predicted molar refractivity (Wildman–Crippen MR) is 112 cm³/mol. The van der Waals surface area contributed by atoms with Gasteiger partial charge in [0.15, 0.2) is 0 Å². The molecule has 0 saturated carbocycles. The molecule has 1 fully saturated rings. The standard InChI is InChI=1S/C20H27ClN4O.ClH/c1-14-19(12-20(26)23-11-9-16-4-3-10-22-13-16)15(2)25(24-14)18-7-5-17(21)6-8-18;/h5-8,16,22H,3-4,9-13H2,1-2H3,(H,23,26);1H. The van der Waals surface area contributed by atoms with E-state index in [2.05, 4.69) is 15.7 Å². The molecule has 2 N–H and O–H groups in total. The van der Waals surface area contributed by atoms with Crippen LogP contribution in [0, 0.1) is 19.8 Å². The summed E-state index contributed by atoms with van der Waals surface area (Å²) in [5, 5.41) is 11.8. The van der Waals surface area contributed by atoms with Gasteiger partial charge in [0, 0.05) is 22.8 Å². The first-order valence-electron chi connectivity index (χ1n) is 9.33. The van der Waals surface area contributed by atoms with Crippen LogP contribution in [0.1, 0.15) is 36.2 Å². The zero-order valence-corrected chi connectivity index (χ0v) is 17.5. The minimum absolute atomic E-state index is 0. The molecule has 2 aromatic rings. The summed E-state index contributed by atoms with van der Waals surface area (Å²) in [6, 6.07) is 7.56. The molecule has 2 heterocycles. The molecule has 1 aliphatic heterocycles. The van der Waals surface area contributed by atoms with Crippen LogP contribution >= 0.6 is 24.0 Å². The molecule has 0 aliphatic carbocycles. The fourth-order valence-corrected chi connectivity index (χ4v) is 3.70. The zero-order valence-electron chi connectivity index (χ0n) is 15.9. The number of nitrogens with zero attached hydrogens (tertiary/aromatic N) is 2. The maximum Gasteiger partial charge on any atom is 0.224 e. The van der Waals surface area contributed by atoms with Crippen LogP contribution in [0.25, 0.3) is 5.69 Å². The van der Waals surface area contributed by atoms with Gasteiger partial charge in [0.25, 0.3) is 0 Å². The lowest BCUT2D eigenvalue weighted by Gasteiger charge is -2.22. The summed E-state index contributed by atoms with van der Waals surface area (Å²) in [6.07, 6.45) is 3.91. The molecular formula is C20H28Cl2N4O. The summed E-state index contributed by atoms with van der Waals surface area (Å²) in [5.41, 5.74) is 3.84. The highest BCUT2D eigenvalue weighted by Crippen LogP contribution is 2.20. The number of nitrogens with one attached hydrogen (secondary N) is 2. The lowest BCUT2D eigenvalue weighted by Crippen LogP contribution is -2.33.